The quantitative estimate of drug-likeness (QED) is 0.173. The fraction of sp³-hybridized carbons (Fsp3) is 0.444. The lowest BCUT2D eigenvalue weighted by molar-refractivity contribution is -0.134. The van der Waals surface area contributed by atoms with Gasteiger partial charge in [0.1, 0.15) is 11.6 Å². The molecule has 238 valence electrons. The molecule has 1 aliphatic rings. The first-order valence-electron chi connectivity index (χ1n) is 16.5. The molecule has 0 spiro atoms. The molecule has 9 heteroatoms. The smallest absolute Gasteiger partial charge is 0.254 e. The van der Waals surface area contributed by atoms with E-state index in [1.165, 1.54) is 12.8 Å². The highest BCUT2D eigenvalue weighted by Crippen LogP contribution is 2.29. The van der Waals surface area contributed by atoms with Crippen molar-refractivity contribution in [3.8, 4) is 0 Å². The predicted octanol–water partition coefficient (Wildman–Crippen LogP) is 5.98. The number of imidazole rings is 2. The lowest BCUT2D eigenvalue weighted by Gasteiger charge is -2.41. The van der Waals surface area contributed by atoms with E-state index in [4.69, 9.17) is 0 Å². The Balaban J connectivity index is 1.29. The molecule has 0 bridgehead atoms. The van der Waals surface area contributed by atoms with Crippen molar-refractivity contribution in [3.63, 3.8) is 0 Å². The molecule has 2 aromatic heterocycles. The molecule has 0 aliphatic heterocycles. The normalized spacial score (nSPS) is 16.5. The molecule has 2 N–H and O–H groups in total. The van der Waals surface area contributed by atoms with Crippen molar-refractivity contribution < 1.29 is 9.59 Å². The summed E-state index contributed by atoms with van der Waals surface area (Å²) in [5.74, 6) is 1.47. The van der Waals surface area contributed by atoms with Gasteiger partial charge in [0.25, 0.3) is 5.91 Å². The van der Waals surface area contributed by atoms with Gasteiger partial charge < -0.3 is 24.7 Å². The summed E-state index contributed by atoms with van der Waals surface area (Å²) < 4.78 is 0. The van der Waals surface area contributed by atoms with E-state index in [-0.39, 0.29) is 17.9 Å². The molecular weight excluding hydrogens is 562 g/mol. The second kappa shape index (κ2) is 16.2. The van der Waals surface area contributed by atoms with Crippen LogP contribution in [0.15, 0.2) is 79.4 Å². The maximum atomic E-state index is 13.8. The Morgan fingerprint density at radius 1 is 0.733 bits per heavy atom. The second-order valence-corrected chi connectivity index (χ2v) is 12.1. The minimum Gasteiger partial charge on any atom is -0.347 e. The molecule has 1 saturated carbocycles. The van der Waals surface area contributed by atoms with E-state index >= 15 is 0 Å². The first-order chi connectivity index (χ1) is 22.0. The van der Waals surface area contributed by atoms with Crippen molar-refractivity contribution >= 4 is 11.8 Å². The molecule has 1 fully saturated rings. The summed E-state index contributed by atoms with van der Waals surface area (Å²) >= 11 is 0. The van der Waals surface area contributed by atoms with E-state index in [1.807, 2.05) is 54.6 Å². The van der Waals surface area contributed by atoms with Crippen LogP contribution in [0.2, 0.25) is 0 Å². The number of H-pyrrole nitrogens is 2. The number of nitrogens with zero attached hydrogens (tertiary/aromatic N) is 5. The highest BCUT2D eigenvalue weighted by molar-refractivity contribution is 5.94. The number of rotatable bonds is 15. The van der Waals surface area contributed by atoms with Crippen LogP contribution in [0.25, 0.3) is 0 Å². The Labute approximate surface area is 267 Å². The minimum atomic E-state index is -0.103. The molecule has 2 amide bonds. The van der Waals surface area contributed by atoms with E-state index in [0.29, 0.717) is 49.3 Å². The number of hydrogen-bond donors (Lipinski definition) is 2. The summed E-state index contributed by atoms with van der Waals surface area (Å²) in [7, 11) is 0. The van der Waals surface area contributed by atoms with E-state index in [0.717, 1.165) is 49.9 Å². The van der Waals surface area contributed by atoms with Crippen LogP contribution in [0.3, 0.4) is 0 Å². The van der Waals surface area contributed by atoms with Gasteiger partial charge in [-0.2, -0.15) is 0 Å². The summed E-state index contributed by atoms with van der Waals surface area (Å²) in [6, 6.07) is 18.6. The summed E-state index contributed by atoms with van der Waals surface area (Å²) in [4.78, 5) is 48.8. The summed E-state index contributed by atoms with van der Waals surface area (Å²) in [5, 5.41) is 0. The van der Waals surface area contributed by atoms with Crippen LogP contribution in [0.5, 0.6) is 0 Å². The summed E-state index contributed by atoms with van der Waals surface area (Å²) in [6.07, 6.45) is 13.9. The lowest BCUT2D eigenvalue weighted by atomic mass is 9.88. The van der Waals surface area contributed by atoms with E-state index in [1.54, 1.807) is 29.7 Å². The third-order valence-electron chi connectivity index (χ3n) is 8.80. The highest BCUT2D eigenvalue weighted by atomic mass is 16.2. The van der Waals surface area contributed by atoms with Crippen molar-refractivity contribution in [2.75, 3.05) is 13.1 Å². The van der Waals surface area contributed by atoms with Gasteiger partial charge in [-0.25, -0.2) is 9.97 Å². The van der Waals surface area contributed by atoms with E-state index in [9.17, 15) is 9.59 Å². The van der Waals surface area contributed by atoms with Crippen LogP contribution >= 0.6 is 0 Å². The summed E-state index contributed by atoms with van der Waals surface area (Å²) in [5.41, 5.74) is 2.65. The van der Waals surface area contributed by atoms with Crippen LogP contribution in [-0.4, -0.2) is 71.6 Å². The molecule has 0 saturated heterocycles. The molecular formula is C36H47N7O2. The molecule has 2 aromatic carbocycles. The van der Waals surface area contributed by atoms with Gasteiger partial charge in [-0.3, -0.25) is 9.59 Å². The predicted molar refractivity (Wildman–Crippen MR) is 176 cm³/mol. The van der Waals surface area contributed by atoms with Crippen LogP contribution in [0.1, 0.15) is 85.5 Å². The average molecular weight is 610 g/mol. The zero-order chi connectivity index (χ0) is 31.4. The number of benzene rings is 2. The SMILES string of the molecule is CCCN(CCC)C1CCC(N(Cc2ccc(C(=O)N(Cc3ncc[nH]3)Cc3ncc[nH]3)cc2)C(=O)Cc2ccccc2)CC1. The first kappa shape index (κ1) is 32.2. The number of hydrogen-bond acceptors (Lipinski definition) is 5. The molecule has 0 radical (unpaired) electrons. The first-order valence-corrected chi connectivity index (χ1v) is 16.5. The fourth-order valence-electron chi connectivity index (χ4n) is 6.54. The Bertz CT molecular complexity index is 1390. The third kappa shape index (κ3) is 8.91. The van der Waals surface area contributed by atoms with E-state index in [2.05, 4.69) is 43.6 Å². The summed E-state index contributed by atoms with van der Waals surface area (Å²) in [6.45, 7) is 8.02. The highest BCUT2D eigenvalue weighted by Gasteiger charge is 2.31. The van der Waals surface area contributed by atoms with Gasteiger partial charge in [0.2, 0.25) is 5.91 Å². The van der Waals surface area contributed by atoms with Crippen molar-refractivity contribution in [2.24, 2.45) is 0 Å². The Morgan fingerprint density at radius 3 is 1.84 bits per heavy atom. The van der Waals surface area contributed by atoms with Gasteiger partial charge in [0, 0.05) is 49.0 Å². The maximum Gasteiger partial charge on any atom is 0.254 e. The van der Waals surface area contributed by atoms with Gasteiger partial charge in [-0.05, 0) is 74.9 Å². The second-order valence-electron chi connectivity index (χ2n) is 12.1. The number of carbonyl (C=O) groups excluding carboxylic acids is 2. The fourth-order valence-corrected chi connectivity index (χ4v) is 6.54. The molecule has 0 unspecified atom stereocenters. The van der Waals surface area contributed by atoms with Crippen LogP contribution in [0.4, 0.5) is 0 Å². The Morgan fingerprint density at radius 2 is 1.31 bits per heavy atom. The number of carbonyl (C=O) groups is 2. The van der Waals surface area contributed by atoms with Crippen LogP contribution in [0, 0.1) is 0 Å². The molecule has 45 heavy (non-hydrogen) atoms. The zero-order valence-electron chi connectivity index (χ0n) is 26.7. The van der Waals surface area contributed by atoms with Crippen molar-refractivity contribution in [1.29, 1.82) is 0 Å². The average Bonchev–Trinajstić information content (AvgIpc) is 3.79. The Kier molecular flexibility index (Phi) is 11.6. The molecule has 2 heterocycles. The molecule has 4 aromatic rings. The Hall–Kier alpha value is -4.24. The molecule has 5 rings (SSSR count). The van der Waals surface area contributed by atoms with Crippen molar-refractivity contribution in [2.45, 2.75) is 90.5 Å². The molecule has 9 nitrogen and oxygen atoms in total. The van der Waals surface area contributed by atoms with Gasteiger partial charge in [0.05, 0.1) is 19.5 Å². The molecule has 1 aliphatic carbocycles. The third-order valence-corrected chi connectivity index (χ3v) is 8.80. The topological polar surface area (TPSA) is 101 Å². The van der Waals surface area contributed by atoms with Gasteiger partial charge in [-0.1, -0.05) is 56.3 Å². The van der Waals surface area contributed by atoms with Crippen LogP contribution < -0.4 is 0 Å². The zero-order valence-corrected chi connectivity index (χ0v) is 26.7. The number of amides is 2. The van der Waals surface area contributed by atoms with E-state index < -0.39 is 0 Å². The maximum absolute atomic E-state index is 13.8. The van der Waals surface area contributed by atoms with Gasteiger partial charge in [-0.15, -0.1) is 0 Å². The van der Waals surface area contributed by atoms with Gasteiger partial charge >= 0.3 is 0 Å². The van der Waals surface area contributed by atoms with Gasteiger partial charge in [0.15, 0.2) is 0 Å². The molecule has 0 atom stereocenters. The largest absolute Gasteiger partial charge is 0.347 e. The standard InChI is InChI=1S/C36H47N7O2/c1-3-22-41(23-4-2)31-14-16-32(17-15-31)43(35(44)24-28-8-6-5-7-9-28)25-29-10-12-30(13-11-29)36(45)42(26-33-37-18-19-38-33)27-34-39-20-21-40-34/h5-13,18-21,31-32H,3-4,14-17,22-27H2,1-2H3,(H,37,38)(H,39,40). The monoisotopic (exact) mass is 609 g/mol. The van der Waals surface area contributed by atoms with Crippen molar-refractivity contribution in [1.82, 2.24) is 34.6 Å². The number of nitrogens with one attached hydrogen (secondary N) is 2. The lowest BCUT2D eigenvalue weighted by Crippen LogP contribution is -2.46. The number of aromatic amines is 2. The van der Waals surface area contributed by atoms with Crippen molar-refractivity contribution in [3.05, 3.63) is 108 Å². The minimum absolute atomic E-state index is 0.103. The number of aromatic nitrogens is 4. The van der Waals surface area contributed by atoms with Crippen LogP contribution in [-0.2, 0) is 30.8 Å².